The second-order valence-corrected chi connectivity index (χ2v) is 4.85. The van der Waals surface area contributed by atoms with Crippen LogP contribution in [-0.2, 0) is 12.8 Å². The molecule has 6 heteroatoms. The number of rotatable bonds is 4. The summed E-state index contributed by atoms with van der Waals surface area (Å²) in [5, 5.41) is 16.8. The van der Waals surface area contributed by atoms with Gasteiger partial charge in [-0.2, -0.15) is 0 Å². The SMILES string of the molecule is CCc1nnsc1C(O)Cc1nccs1. The van der Waals surface area contributed by atoms with Crippen molar-refractivity contribution < 1.29 is 5.11 Å². The molecule has 2 heterocycles. The van der Waals surface area contributed by atoms with Crippen molar-refractivity contribution in [2.75, 3.05) is 0 Å². The number of nitrogens with zero attached hydrogens (tertiary/aromatic N) is 3. The zero-order chi connectivity index (χ0) is 10.7. The highest BCUT2D eigenvalue weighted by Crippen LogP contribution is 2.24. The molecule has 0 aliphatic carbocycles. The maximum Gasteiger partial charge on any atom is 0.0980 e. The van der Waals surface area contributed by atoms with Crippen molar-refractivity contribution >= 4 is 22.9 Å². The Kier molecular flexibility index (Phi) is 3.40. The molecule has 0 radical (unpaired) electrons. The van der Waals surface area contributed by atoms with Crippen molar-refractivity contribution in [2.24, 2.45) is 0 Å². The number of aryl methyl sites for hydroxylation is 1. The normalized spacial score (nSPS) is 12.9. The Morgan fingerprint density at radius 3 is 3.07 bits per heavy atom. The molecule has 1 N–H and O–H groups in total. The third kappa shape index (κ3) is 2.39. The van der Waals surface area contributed by atoms with Gasteiger partial charge in [0.25, 0.3) is 0 Å². The minimum Gasteiger partial charge on any atom is -0.387 e. The zero-order valence-electron chi connectivity index (χ0n) is 8.25. The van der Waals surface area contributed by atoms with E-state index in [1.165, 1.54) is 11.5 Å². The average molecular weight is 241 g/mol. The van der Waals surface area contributed by atoms with Crippen LogP contribution in [0.25, 0.3) is 0 Å². The molecule has 2 aromatic heterocycles. The molecule has 0 saturated carbocycles. The van der Waals surface area contributed by atoms with Crippen LogP contribution in [-0.4, -0.2) is 19.7 Å². The van der Waals surface area contributed by atoms with E-state index in [-0.39, 0.29) is 0 Å². The molecule has 0 aromatic carbocycles. The van der Waals surface area contributed by atoms with Crippen LogP contribution in [0.3, 0.4) is 0 Å². The van der Waals surface area contributed by atoms with E-state index in [4.69, 9.17) is 0 Å². The van der Waals surface area contributed by atoms with Crippen molar-refractivity contribution in [3.05, 3.63) is 27.2 Å². The van der Waals surface area contributed by atoms with Gasteiger partial charge in [0.1, 0.15) is 0 Å². The second kappa shape index (κ2) is 4.78. The summed E-state index contributed by atoms with van der Waals surface area (Å²) in [5.74, 6) is 0. The van der Waals surface area contributed by atoms with E-state index in [2.05, 4.69) is 14.6 Å². The monoisotopic (exact) mass is 241 g/mol. The molecule has 0 aliphatic rings. The molecule has 1 atom stereocenters. The average Bonchev–Trinajstić information content (AvgIpc) is 2.86. The number of hydrogen-bond acceptors (Lipinski definition) is 6. The van der Waals surface area contributed by atoms with Gasteiger partial charge in [0.05, 0.1) is 21.7 Å². The summed E-state index contributed by atoms with van der Waals surface area (Å²) in [7, 11) is 0. The molecule has 0 fully saturated rings. The number of hydrogen-bond donors (Lipinski definition) is 1. The summed E-state index contributed by atoms with van der Waals surface area (Å²) in [6.45, 7) is 2.01. The molecule has 4 nitrogen and oxygen atoms in total. The molecule has 0 saturated heterocycles. The van der Waals surface area contributed by atoms with Crippen LogP contribution in [0, 0.1) is 0 Å². The smallest absolute Gasteiger partial charge is 0.0980 e. The number of thiazole rings is 1. The second-order valence-electron chi connectivity index (χ2n) is 3.08. The summed E-state index contributed by atoms with van der Waals surface area (Å²) in [6.07, 6.45) is 2.58. The van der Waals surface area contributed by atoms with E-state index in [0.717, 1.165) is 22.0 Å². The van der Waals surface area contributed by atoms with Gasteiger partial charge in [0.2, 0.25) is 0 Å². The molecular weight excluding hydrogens is 230 g/mol. The number of aromatic nitrogens is 3. The molecule has 0 aliphatic heterocycles. The Morgan fingerprint density at radius 1 is 1.53 bits per heavy atom. The van der Waals surface area contributed by atoms with Crippen LogP contribution >= 0.6 is 22.9 Å². The third-order valence-corrected chi connectivity index (χ3v) is 3.74. The molecule has 0 amide bonds. The highest BCUT2D eigenvalue weighted by molar-refractivity contribution is 7.09. The molecule has 80 valence electrons. The Hall–Kier alpha value is -0.850. The maximum absolute atomic E-state index is 9.99. The predicted octanol–water partition coefficient (Wildman–Crippen LogP) is 1.83. The summed E-state index contributed by atoms with van der Waals surface area (Å²) in [4.78, 5) is 5.01. The van der Waals surface area contributed by atoms with Crippen LogP contribution in [0.5, 0.6) is 0 Å². The van der Waals surface area contributed by atoms with E-state index in [0.29, 0.717) is 6.42 Å². The minimum atomic E-state index is -0.522. The van der Waals surface area contributed by atoms with E-state index < -0.39 is 6.10 Å². The fourth-order valence-corrected chi connectivity index (χ4v) is 2.70. The Balaban J connectivity index is 2.11. The lowest BCUT2D eigenvalue weighted by atomic mass is 10.1. The first-order chi connectivity index (χ1) is 7.31. The molecular formula is C9H11N3OS2. The Labute approximate surface area is 95.8 Å². The van der Waals surface area contributed by atoms with Crippen molar-refractivity contribution in [1.29, 1.82) is 0 Å². The van der Waals surface area contributed by atoms with E-state index in [1.807, 2.05) is 12.3 Å². The largest absolute Gasteiger partial charge is 0.387 e. The van der Waals surface area contributed by atoms with Crippen LogP contribution in [0.2, 0.25) is 0 Å². The van der Waals surface area contributed by atoms with Crippen LogP contribution in [0.4, 0.5) is 0 Å². The van der Waals surface area contributed by atoms with Gasteiger partial charge < -0.3 is 5.11 Å². The first-order valence-electron chi connectivity index (χ1n) is 4.68. The molecule has 1 unspecified atom stereocenters. The summed E-state index contributed by atoms with van der Waals surface area (Å²) >= 11 is 2.82. The molecule has 2 rings (SSSR count). The molecule has 0 bridgehead atoms. The van der Waals surface area contributed by atoms with Crippen molar-refractivity contribution in [2.45, 2.75) is 25.9 Å². The topological polar surface area (TPSA) is 58.9 Å². The van der Waals surface area contributed by atoms with Crippen molar-refractivity contribution in [3.63, 3.8) is 0 Å². The van der Waals surface area contributed by atoms with Gasteiger partial charge >= 0.3 is 0 Å². The van der Waals surface area contributed by atoms with Gasteiger partial charge in [-0.3, -0.25) is 0 Å². The fourth-order valence-electron chi connectivity index (χ4n) is 1.33. The van der Waals surface area contributed by atoms with Gasteiger partial charge in [0.15, 0.2) is 0 Å². The summed E-state index contributed by atoms with van der Waals surface area (Å²) in [5.41, 5.74) is 0.893. The van der Waals surface area contributed by atoms with Gasteiger partial charge in [0, 0.05) is 18.0 Å². The first kappa shape index (κ1) is 10.7. The highest BCUT2D eigenvalue weighted by Gasteiger charge is 2.17. The molecule has 0 spiro atoms. The minimum absolute atomic E-state index is 0.522. The maximum atomic E-state index is 9.99. The van der Waals surface area contributed by atoms with E-state index in [1.54, 1.807) is 17.5 Å². The van der Waals surface area contributed by atoms with Crippen molar-refractivity contribution in [1.82, 2.24) is 14.6 Å². The van der Waals surface area contributed by atoms with Gasteiger partial charge in [-0.15, -0.1) is 16.4 Å². The lowest BCUT2D eigenvalue weighted by Crippen LogP contribution is -2.02. The zero-order valence-corrected chi connectivity index (χ0v) is 9.88. The molecule has 2 aromatic rings. The highest BCUT2D eigenvalue weighted by atomic mass is 32.1. The fraction of sp³-hybridized carbons (Fsp3) is 0.444. The summed E-state index contributed by atoms with van der Waals surface area (Å²) in [6, 6.07) is 0. The van der Waals surface area contributed by atoms with Crippen LogP contribution < -0.4 is 0 Å². The predicted molar refractivity (Wildman–Crippen MR) is 60.1 cm³/mol. The number of aliphatic hydroxyl groups excluding tert-OH is 1. The Morgan fingerprint density at radius 2 is 2.40 bits per heavy atom. The third-order valence-electron chi connectivity index (χ3n) is 2.07. The van der Waals surface area contributed by atoms with Gasteiger partial charge in [-0.25, -0.2) is 4.98 Å². The van der Waals surface area contributed by atoms with Crippen molar-refractivity contribution in [3.8, 4) is 0 Å². The van der Waals surface area contributed by atoms with E-state index >= 15 is 0 Å². The molecule has 15 heavy (non-hydrogen) atoms. The standard InChI is InChI=1S/C9H11N3OS2/c1-2-6-9(15-12-11-6)7(13)5-8-10-3-4-14-8/h3-4,7,13H,2,5H2,1H3. The lowest BCUT2D eigenvalue weighted by molar-refractivity contribution is 0.181. The summed E-state index contributed by atoms with van der Waals surface area (Å²) < 4.78 is 3.86. The Bertz CT molecular complexity index is 413. The van der Waals surface area contributed by atoms with Gasteiger partial charge in [-0.05, 0) is 18.0 Å². The lowest BCUT2D eigenvalue weighted by Gasteiger charge is -2.06. The number of aliphatic hydroxyl groups is 1. The van der Waals surface area contributed by atoms with Crippen LogP contribution in [0.15, 0.2) is 11.6 Å². The van der Waals surface area contributed by atoms with E-state index in [9.17, 15) is 5.11 Å². The van der Waals surface area contributed by atoms with Crippen LogP contribution in [0.1, 0.15) is 28.6 Å². The van der Waals surface area contributed by atoms with Gasteiger partial charge in [-0.1, -0.05) is 11.4 Å². The first-order valence-corrected chi connectivity index (χ1v) is 6.34. The quantitative estimate of drug-likeness (QED) is 0.887.